The third kappa shape index (κ3) is 3.20. The van der Waals surface area contributed by atoms with E-state index in [2.05, 4.69) is 27.8 Å². The predicted octanol–water partition coefficient (Wildman–Crippen LogP) is 2.29. The van der Waals surface area contributed by atoms with Gasteiger partial charge >= 0.3 is 0 Å². The average Bonchev–Trinajstić information content (AvgIpc) is 2.26. The van der Waals surface area contributed by atoms with Gasteiger partial charge in [-0.1, -0.05) is 6.07 Å². The van der Waals surface area contributed by atoms with Crippen molar-refractivity contribution in [2.75, 3.05) is 24.6 Å². The van der Waals surface area contributed by atoms with Crippen LogP contribution in [0.25, 0.3) is 0 Å². The number of likely N-dealkylation sites (N-methyl/N-ethyl adjacent to an activating group) is 1. The Balaban J connectivity index is 2.96. The second-order valence-corrected chi connectivity index (χ2v) is 4.66. The molecule has 0 saturated carbocycles. The third-order valence-corrected chi connectivity index (χ3v) is 3.23. The van der Waals surface area contributed by atoms with E-state index in [1.807, 2.05) is 25.1 Å². The third-order valence-electron chi connectivity index (χ3n) is 2.59. The molecule has 0 aliphatic rings. The van der Waals surface area contributed by atoms with E-state index in [9.17, 15) is 0 Å². The molecule has 0 saturated heterocycles. The van der Waals surface area contributed by atoms with Gasteiger partial charge in [-0.2, -0.15) is 0 Å². The minimum absolute atomic E-state index is 0.0401. The standard InChI is InChI=1S/C12H19BrN2O/c1-3-15(6-7-16)12-5-4-10(9(2)14)8-11(12)13/h4-5,8-9,16H,3,6-7,14H2,1-2H3/t9-/m1/s1. The zero-order chi connectivity index (χ0) is 12.1. The lowest BCUT2D eigenvalue weighted by Gasteiger charge is -2.24. The van der Waals surface area contributed by atoms with Crippen molar-refractivity contribution in [2.45, 2.75) is 19.9 Å². The van der Waals surface area contributed by atoms with E-state index in [0.717, 1.165) is 22.3 Å². The summed E-state index contributed by atoms with van der Waals surface area (Å²) in [6.07, 6.45) is 0. The van der Waals surface area contributed by atoms with Crippen LogP contribution in [-0.4, -0.2) is 24.8 Å². The maximum absolute atomic E-state index is 8.99. The monoisotopic (exact) mass is 286 g/mol. The normalized spacial score (nSPS) is 12.6. The van der Waals surface area contributed by atoms with Gasteiger partial charge in [0.25, 0.3) is 0 Å². The summed E-state index contributed by atoms with van der Waals surface area (Å²) < 4.78 is 1.03. The van der Waals surface area contributed by atoms with Crippen molar-refractivity contribution in [2.24, 2.45) is 5.73 Å². The molecular weight excluding hydrogens is 268 g/mol. The Labute approximate surface area is 105 Å². The van der Waals surface area contributed by atoms with Crippen molar-refractivity contribution >= 4 is 21.6 Å². The van der Waals surface area contributed by atoms with Crippen molar-refractivity contribution in [1.29, 1.82) is 0 Å². The zero-order valence-electron chi connectivity index (χ0n) is 9.78. The van der Waals surface area contributed by atoms with Gasteiger partial charge in [-0.05, 0) is 47.5 Å². The largest absolute Gasteiger partial charge is 0.395 e. The van der Waals surface area contributed by atoms with E-state index < -0.39 is 0 Å². The van der Waals surface area contributed by atoms with Crippen molar-refractivity contribution in [3.63, 3.8) is 0 Å². The first kappa shape index (κ1) is 13.5. The molecule has 0 bridgehead atoms. The SMILES string of the molecule is CCN(CCO)c1ccc([C@@H](C)N)cc1Br. The summed E-state index contributed by atoms with van der Waals surface area (Å²) in [4.78, 5) is 2.12. The van der Waals surface area contributed by atoms with Crippen LogP contribution in [0.2, 0.25) is 0 Å². The van der Waals surface area contributed by atoms with Crippen LogP contribution in [0.4, 0.5) is 5.69 Å². The topological polar surface area (TPSA) is 49.5 Å². The number of nitrogens with zero attached hydrogens (tertiary/aromatic N) is 1. The number of halogens is 1. The molecule has 3 nitrogen and oxygen atoms in total. The van der Waals surface area contributed by atoms with Gasteiger partial charge in [0, 0.05) is 23.6 Å². The maximum Gasteiger partial charge on any atom is 0.0606 e. The molecule has 0 heterocycles. The van der Waals surface area contributed by atoms with E-state index in [1.165, 1.54) is 0 Å². The summed E-state index contributed by atoms with van der Waals surface area (Å²) in [5.41, 5.74) is 8.03. The Morgan fingerprint density at radius 1 is 1.50 bits per heavy atom. The minimum atomic E-state index is 0.0401. The van der Waals surface area contributed by atoms with Gasteiger partial charge < -0.3 is 15.7 Å². The average molecular weight is 287 g/mol. The highest BCUT2D eigenvalue weighted by atomic mass is 79.9. The number of anilines is 1. The number of nitrogens with two attached hydrogens (primary N) is 1. The van der Waals surface area contributed by atoms with Crippen molar-refractivity contribution < 1.29 is 5.11 Å². The summed E-state index contributed by atoms with van der Waals surface area (Å²) in [5.74, 6) is 0. The van der Waals surface area contributed by atoms with Crippen molar-refractivity contribution in [3.8, 4) is 0 Å². The van der Waals surface area contributed by atoms with Crippen LogP contribution in [0.5, 0.6) is 0 Å². The lowest BCUT2D eigenvalue weighted by atomic mass is 10.1. The predicted molar refractivity (Wildman–Crippen MR) is 71.7 cm³/mol. The van der Waals surface area contributed by atoms with Gasteiger partial charge in [0.05, 0.1) is 12.3 Å². The Kier molecular flexibility index (Phi) is 5.25. The molecule has 0 spiro atoms. The number of aliphatic hydroxyl groups is 1. The highest BCUT2D eigenvalue weighted by Crippen LogP contribution is 2.28. The summed E-state index contributed by atoms with van der Waals surface area (Å²) in [6.45, 7) is 5.72. The van der Waals surface area contributed by atoms with E-state index in [4.69, 9.17) is 10.8 Å². The highest BCUT2D eigenvalue weighted by Gasteiger charge is 2.09. The summed E-state index contributed by atoms with van der Waals surface area (Å²) in [6, 6.07) is 6.16. The molecular formula is C12H19BrN2O. The Morgan fingerprint density at radius 2 is 2.19 bits per heavy atom. The van der Waals surface area contributed by atoms with Gasteiger partial charge in [-0.25, -0.2) is 0 Å². The first-order valence-electron chi connectivity index (χ1n) is 5.51. The molecule has 0 aromatic heterocycles. The molecule has 1 aromatic carbocycles. The van der Waals surface area contributed by atoms with Gasteiger partial charge in [0.15, 0.2) is 0 Å². The summed E-state index contributed by atoms with van der Waals surface area (Å²) in [7, 11) is 0. The molecule has 1 rings (SSSR count). The highest BCUT2D eigenvalue weighted by molar-refractivity contribution is 9.10. The Morgan fingerprint density at radius 3 is 2.62 bits per heavy atom. The van der Waals surface area contributed by atoms with Crippen LogP contribution in [0, 0.1) is 0 Å². The van der Waals surface area contributed by atoms with Crippen LogP contribution in [0.1, 0.15) is 25.5 Å². The molecule has 4 heteroatoms. The van der Waals surface area contributed by atoms with Gasteiger partial charge in [-0.15, -0.1) is 0 Å². The minimum Gasteiger partial charge on any atom is -0.395 e. The molecule has 16 heavy (non-hydrogen) atoms. The molecule has 90 valence electrons. The molecule has 1 aromatic rings. The number of hydrogen-bond acceptors (Lipinski definition) is 3. The first-order valence-corrected chi connectivity index (χ1v) is 6.30. The van der Waals surface area contributed by atoms with Crippen molar-refractivity contribution in [1.82, 2.24) is 0 Å². The van der Waals surface area contributed by atoms with E-state index in [1.54, 1.807) is 0 Å². The van der Waals surface area contributed by atoms with E-state index in [-0.39, 0.29) is 12.6 Å². The molecule has 0 fully saturated rings. The van der Waals surface area contributed by atoms with Crippen LogP contribution < -0.4 is 10.6 Å². The lowest BCUT2D eigenvalue weighted by Crippen LogP contribution is -2.26. The number of hydrogen-bond donors (Lipinski definition) is 2. The fourth-order valence-corrected chi connectivity index (χ4v) is 2.28. The first-order chi connectivity index (χ1) is 7.60. The molecule has 0 aliphatic carbocycles. The van der Waals surface area contributed by atoms with Gasteiger partial charge in [0.2, 0.25) is 0 Å². The number of benzene rings is 1. The van der Waals surface area contributed by atoms with Crippen LogP contribution >= 0.6 is 15.9 Å². The molecule has 3 N–H and O–H groups in total. The number of rotatable bonds is 5. The molecule has 0 radical (unpaired) electrons. The second kappa shape index (κ2) is 6.23. The molecule has 0 amide bonds. The summed E-state index contributed by atoms with van der Waals surface area (Å²) >= 11 is 3.55. The molecule has 1 atom stereocenters. The van der Waals surface area contributed by atoms with Crippen LogP contribution in [0.3, 0.4) is 0 Å². The quantitative estimate of drug-likeness (QED) is 0.873. The van der Waals surface area contributed by atoms with E-state index >= 15 is 0 Å². The smallest absolute Gasteiger partial charge is 0.0606 e. The number of aliphatic hydroxyl groups excluding tert-OH is 1. The Hall–Kier alpha value is -0.580. The van der Waals surface area contributed by atoms with Crippen LogP contribution in [0.15, 0.2) is 22.7 Å². The maximum atomic E-state index is 8.99. The van der Waals surface area contributed by atoms with E-state index in [0.29, 0.717) is 6.54 Å². The Bertz CT molecular complexity index is 342. The molecule has 0 unspecified atom stereocenters. The molecule has 0 aliphatic heterocycles. The summed E-state index contributed by atoms with van der Waals surface area (Å²) in [5, 5.41) is 8.99. The van der Waals surface area contributed by atoms with Gasteiger partial charge in [0.1, 0.15) is 0 Å². The fraction of sp³-hybridized carbons (Fsp3) is 0.500. The fourth-order valence-electron chi connectivity index (χ4n) is 1.63. The zero-order valence-corrected chi connectivity index (χ0v) is 11.4. The van der Waals surface area contributed by atoms with Gasteiger partial charge in [-0.3, -0.25) is 0 Å². The van der Waals surface area contributed by atoms with Crippen LogP contribution in [-0.2, 0) is 0 Å². The van der Waals surface area contributed by atoms with Crippen molar-refractivity contribution in [3.05, 3.63) is 28.2 Å². The lowest BCUT2D eigenvalue weighted by molar-refractivity contribution is 0.302. The second-order valence-electron chi connectivity index (χ2n) is 3.80.